The highest BCUT2D eigenvalue weighted by atomic mass is 16.5. The number of carbonyl (C=O) groups is 2. The van der Waals surface area contributed by atoms with Crippen LogP contribution in [0.2, 0.25) is 0 Å². The van der Waals surface area contributed by atoms with E-state index in [1.807, 2.05) is 11.5 Å². The number of ether oxygens (including phenoxy) is 1. The molecule has 0 aliphatic heterocycles. The minimum atomic E-state index is -0.991. The summed E-state index contributed by atoms with van der Waals surface area (Å²) in [6.45, 7) is 2.54. The number of rotatable bonds is 6. The first-order valence-corrected chi connectivity index (χ1v) is 6.67. The highest BCUT2D eigenvalue weighted by Crippen LogP contribution is 2.19. The van der Waals surface area contributed by atoms with Crippen molar-refractivity contribution in [3.63, 3.8) is 0 Å². The van der Waals surface area contributed by atoms with Gasteiger partial charge in [0.2, 0.25) is 0 Å². The summed E-state index contributed by atoms with van der Waals surface area (Å²) < 4.78 is 6.62. The number of carboxylic acid groups (broad SMARTS) is 1. The third-order valence-corrected chi connectivity index (χ3v) is 3.11. The molecule has 7 heteroatoms. The zero-order valence-electron chi connectivity index (χ0n) is 11.7. The second-order valence-electron chi connectivity index (χ2n) is 4.61. The molecule has 112 valence electrons. The van der Waals surface area contributed by atoms with Gasteiger partial charge >= 0.3 is 12.1 Å². The van der Waals surface area contributed by atoms with Crippen LogP contribution >= 0.6 is 0 Å². The highest BCUT2D eigenvalue weighted by Gasteiger charge is 2.13. The number of amides is 1. The van der Waals surface area contributed by atoms with Gasteiger partial charge in [-0.3, -0.25) is 0 Å². The molecule has 0 saturated heterocycles. The maximum atomic E-state index is 11.1. The average molecular weight is 291 g/mol. The van der Waals surface area contributed by atoms with Crippen molar-refractivity contribution in [2.24, 2.45) is 5.73 Å². The number of carbonyl (C=O) groups excluding carboxylic acids is 1. The smallest absolute Gasteiger partial charge is 0.404 e. The SMILES string of the molecule is CCCc1nc2ccc(C(=O)O)cc2n1CCOC(N)=O. The van der Waals surface area contributed by atoms with Crippen molar-refractivity contribution in [1.82, 2.24) is 9.55 Å². The average Bonchev–Trinajstić information content (AvgIpc) is 2.76. The lowest BCUT2D eigenvalue weighted by Gasteiger charge is -2.08. The van der Waals surface area contributed by atoms with Gasteiger partial charge in [-0.2, -0.15) is 0 Å². The van der Waals surface area contributed by atoms with Crippen LogP contribution in [0.25, 0.3) is 11.0 Å². The molecule has 0 spiro atoms. The Balaban J connectivity index is 2.40. The van der Waals surface area contributed by atoms with Gasteiger partial charge in [-0.1, -0.05) is 6.92 Å². The number of benzene rings is 1. The number of nitrogens with zero attached hydrogens (tertiary/aromatic N) is 2. The molecular formula is C14H17N3O4. The first kappa shape index (κ1) is 14.8. The Hall–Kier alpha value is -2.57. The Morgan fingerprint density at radius 2 is 2.19 bits per heavy atom. The van der Waals surface area contributed by atoms with Crippen LogP contribution in [0.3, 0.4) is 0 Å². The van der Waals surface area contributed by atoms with Crippen LogP contribution in [0.4, 0.5) is 4.79 Å². The molecule has 21 heavy (non-hydrogen) atoms. The lowest BCUT2D eigenvalue weighted by molar-refractivity contribution is 0.0697. The van der Waals surface area contributed by atoms with Gasteiger partial charge in [0.1, 0.15) is 12.4 Å². The number of aryl methyl sites for hydroxylation is 1. The maximum Gasteiger partial charge on any atom is 0.404 e. The number of hydrogen-bond acceptors (Lipinski definition) is 4. The van der Waals surface area contributed by atoms with E-state index in [4.69, 9.17) is 15.6 Å². The number of fused-ring (bicyclic) bond motifs is 1. The summed E-state index contributed by atoms with van der Waals surface area (Å²) in [5.74, 6) is -0.154. The van der Waals surface area contributed by atoms with E-state index in [1.54, 1.807) is 12.1 Å². The molecule has 0 fully saturated rings. The van der Waals surface area contributed by atoms with E-state index in [9.17, 15) is 9.59 Å². The van der Waals surface area contributed by atoms with Gasteiger partial charge in [-0.25, -0.2) is 14.6 Å². The summed E-state index contributed by atoms with van der Waals surface area (Å²) in [6, 6.07) is 4.79. The molecule has 7 nitrogen and oxygen atoms in total. The van der Waals surface area contributed by atoms with Gasteiger partial charge in [0.25, 0.3) is 0 Å². The van der Waals surface area contributed by atoms with E-state index in [-0.39, 0.29) is 12.2 Å². The fourth-order valence-electron chi connectivity index (χ4n) is 2.21. The second-order valence-corrected chi connectivity index (χ2v) is 4.61. The van der Waals surface area contributed by atoms with Crippen molar-refractivity contribution in [2.45, 2.75) is 26.3 Å². The summed E-state index contributed by atoms with van der Waals surface area (Å²) in [5, 5.41) is 9.08. The summed E-state index contributed by atoms with van der Waals surface area (Å²) in [4.78, 5) is 26.2. The largest absolute Gasteiger partial charge is 0.478 e. The molecule has 1 amide bonds. The summed E-state index contributed by atoms with van der Waals surface area (Å²) in [6.07, 6.45) is 0.835. The zero-order chi connectivity index (χ0) is 15.4. The van der Waals surface area contributed by atoms with Crippen LogP contribution in [-0.4, -0.2) is 33.3 Å². The Bertz CT molecular complexity index is 678. The van der Waals surface area contributed by atoms with Crippen molar-refractivity contribution in [1.29, 1.82) is 0 Å². The number of carboxylic acids is 1. The van der Waals surface area contributed by atoms with Gasteiger partial charge < -0.3 is 20.1 Å². The lowest BCUT2D eigenvalue weighted by atomic mass is 10.2. The monoisotopic (exact) mass is 291 g/mol. The first-order valence-electron chi connectivity index (χ1n) is 6.67. The third kappa shape index (κ3) is 3.31. The summed E-state index contributed by atoms with van der Waals surface area (Å²) >= 11 is 0. The standard InChI is InChI=1S/C14H17N3O4/c1-2-3-12-16-10-5-4-9(13(18)19)8-11(10)17(12)6-7-21-14(15)20/h4-5,8H,2-3,6-7H2,1H3,(H2,15,20)(H,18,19). The van der Waals surface area contributed by atoms with Gasteiger partial charge in [-0.15, -0.1) is 0 Å². The lowest BCUT2D eigenvalue weighted by Crippen LogP contribution is -2.17. The Labute approximate surface area is 121 Å². The van der Waals surface area contributed by atoms with E-state index < -0.39 is 12.1 Å². The van der Waals surface area contributed by atoms with Crippen LogP contribution in [0.5, 0.6) is 0 Å². The van der Waals surface area contributed by atoms with E-state index in [2.05, 4.69) is 4.98 Å². The number of primary amides is 1. The summed E-state index contributed by atoms with van der Waals surface area (Å²) in [5.41, 5.74) is 6.58. The number of hydrogen-bond donors (Lipinski definition) is 2. The first-order chi connectivity index (χ1) is 10.0. The predicted molar refractivity (Wildman–Crippen MR) is 76.2 cm³/mol. The minimum Gasteiger partial charge on any atom is -0.478 e. The van der Waals surface area contributed by atoms with Crippen molar-refractivity contribution in [2.75, 3.05) is 6.61 Å². The molecule has 0 aliphatic rings. The van der Waals surface area contributed by atoms with E-state index in [0.29, 0.717) is 12.1 Å². The highest BCUT2D eigenvalue weighted by molar-refractivity contribution is 5.92. The van der Waals surface area contributed by atoms with Crippen molar-refractivity contribution in [3.8, 4) is 0 Å². The molecule has 0 aliphatic carbocycles. The van der Waals surface area contributed by atoms with Crippen LogP contribution < -0.4 is 5.73 Å². The number of imidazole rings is 1. The molecule has 1 aromatic heterocycles. The maximum absolute atomic E-state index is 11.1. The van der Waals surface area contributed by atoms with Crippen LogP contribution in [0, 0.1) is 0 Å². The van der Waals surface area contributed by atoms with E-state index in [1.165, 1.54) is 6.07 Å². The van der Waals surface area contributed by atoms with Gasteiger partial charge in [0.05, 0.1) is 23.1 Å². The Morgan fingerprint density at radius 3 is 2.81 bits per heavy atom. The fourth-order valence-corrected chi connectivity index (χ4v) is 2.21. The fraction of sp³-hybridized carbons (Fsp3) is 0.357. The molecule has 1 aromatic carbocycles. The summed E-state index contributed by atoms with van der Waals surface area (Å²) in [7, 11) is 0. The molecule has 2 aromatic rings. The van der Waals surface area contributed by atoms with Gasteiger partial charge in [0.15, 0.2) is 0 Å². The minimum absolute atomic E-state index is 0.120. The van der Waals surface area contributed by atoms with Crippen LogP contribution in [0.15, 0.2) is 18.2 Å². The zero-order valence-corrected chi connectivity index (χ0v) is 11.7. The molecular weight excluding hydrogens is 274 g/mol. The van der Waals surface area contributed by atoms with Gasteiger partial charge in [0, 0.05) is 6.42 Å². The van der Waals surface area contributed by atoms with E-state index >= 15 is 0 Å². The number of aromatic nitrogens is 2. The molecule has 0 unspecified atom stereocenters. The van der Waals surface area contributed by atoms with Gasteiger partial charge in [-0.05, 0) is 24.6 Å². The number of aromatic carboxylic acids is 1. The quantitative estimate of drug-likeness (QED) is 0.843. The third-order valence-electron chi connectivity index (χ3n) is 3.11. The Morgan fingerprint density at radius 1 is 1.43 bits per heavy atom. The van der Waals surface area contributed by atoms with E-state index in [0.717, 1.165) is 24.2 Å². The van der Waals surface area contributed by atoms with Crippen molar-refractivity contribution in [3.05, 3.63) is 29.6 Å². The molecule has 3 N–H and O–H groups in total. The van der Waals surface area contributed by atoms with Crippen molar-refractivity contribution >= 4 is 23.1 Å². The molecule has 0 saturated carbocycles. The Kier molecular flexibility index (Phi) is 4.42. The number of nitrogens with two attached hydrogens (primary N) is 1. The van der Waals surface area contributed by atoms with Crippen LogP contribution in [0.1, 0.15) is 29.5 Å². The molecule has 1 heterocycles. The predicted octanol–water partition coefficient (Wildman–Crippen LogP) is 1.78. The molecule has 2 rings (SSSR count). The van der Waals surface area contributed by atoms with Crippen molar-refractivity contribution < 1.29 is 19.4 Å². The normalized spacial score (nSPS) is 10.7. The second kappa shape index (κ2) is 6.25. The molecule has 0 bridgehead atoms. The molecule has 0 radical (unpaired) electrons. The van der Waals surface area contributed by atoms with Crippen LogP contribution in [-0.2, 0) is 17.7 Å². The molecule has 0 atom stereocenters. The topological polar surface area (TPSA) is 107 Å².